The van der Waals surface area contributed by atoms with E-state index in [1.54, 1.807) is 32.0 Å². The Morgan fingerprint density at radius 3 is 2.47 bits per heavy atom. The zero-order chi connectivity index (χ0) is 23.7. The normalized spacial score (nSPS) is 11.6. The molecule has 0 saturated heterocycles. The fourth-order valence-electron chi connectivity index (χ4n) is 2.99. The monoisotopic (exact) mass is 481 g/mol. The SMILES string of the molecule is CCN(CC)S(=O)(=O)c1ccc(OC(C)C)c(NC(=O)CCCNC(=O)c2cccs2)c1. The first-order valence-electron chi connectivity index (χ1n) is 10.6. The summed E-state index contributed by atoms with van der Waals surface area (Å²) in [5.41, 5.74) is 0.305. The second kappa shape index (κ2) is 12.0. The van der Waals surface area contributed by atoms with Gasteiger partial charge in [-0.25, -0.2) is 8.42 Å². The van der Waals surface area contributed by atoms with Gasteiger partial charge >= 0.3 is 0 Å². The highest BCUT2D eigenvalue weighted by molar-refractivity contribution is 7.89. The van der Waals surface area contributed by atoms with Crippen molar-refractivity contribution in [2.24, 2.45) is 0 Å². The molecule has 2 N–H and O–H groups in total. The molecule has 2 amide bonds. The van der Waals surface area contributed by atoms with Crippen molar-refractivity contribution in [1.82, 2.24) is 9.62 Å². The Morgan fingerprint density at radius 2 is 1.88 bits per heavy atom. The van der Waals surface area contributed by atoms with E-state index >= 15 is 0 Å². The van der Waals surface area contributed by atoms with E-state index in [0.717, 1.165) is 0 Å². The van der Waals surface area contributed by atoms with Crippen LogP contribution in [0, 0.1) is 0 Å². The topological polar surface area (TPSA) is 105 Å². The molecule has 2 aromatic rings. The Bertz CT molecular complexity index is 1000. The van der Waals surface area contributed by atoms with Crippen LogP contribution in [0.2, 0.25) is 0 Å². The molecule has 0 aliphatic rings. The molecule has 0 atom stereocenters. The minimum absolute atomic E-state index is 0.0933. The van der Waals surface area contributed by atoms with E-state index < -0.39 is 10.0 Å². The first-order chi connectivity index (χ1) is 15.2. The Balaban J connectivity index is 2.06. The Labute approximate surface area is 194 Å². The van der Waals surface area contributed by atoms with Crippen molar-refractivity contribution in [3.63, 3.8) is 0 Å². The number of hydrogen-bond donors (Lipinski definition) is 2. The second-order valence-electron chi connectivity index (χ2n) is 7.30. The highest BCUT2D eigenvalue weighted by Gasteiger charge is 2.23. The average Bonchev–Trinajstić information content (AvgIpc) is 3.27. The van der Waals surface area contributed by atoms with E-state index in [2.05, 4.69) is 10.6 Å². The zero-order valence-corrected chi connectivity index (χ0v) is 20.5. The van der Waals surface area contributed by atoms with Crippen LogP contribution in [-0.2, 0) is 14.8 Å². The van der Waals surface area contributed by atoms with E-state index in [0.29, 0.717) is 42.4 Å². The smallest absolute Gasteiger partial charge is 0.261 e. The summed E-state index contributed by atoms with van der Waals surface area (Å²) in [6, 6.07) is 8.02. The summed E-state index contributed by atoms with van der Waals surface area (Å²) in [4.78, 5) is 25.2. The summed E-state index contributed by atoms with van der Waals surface area (Å²) in [5, 5.41) is 7.37. The molecular formula is C22H31N3O5S2. The maximum absolute atomic E-state index is 12.9. The lowest BCUT2D eigenvalue weighted by Gasteiger charge is -2.20. The molecule has 2 rings (SSSR count). The first kappa shape index (κ1) is 25.8. The van der Waals surface area contributed by atoms with Gasteiger partial charge in [0.1, 0.15) is 5.75 Å². The largest absolute Gasteiger partial charge is 0.489 e. The molecule has 1 aromatic heterocycles. The van der Waals surface area contributed by atoms with E-state index in [4.69, 9.17) is 4.74 Å². The summed E-state index contributed by atoms with van der Waals surface area (Å²) in [6.07, 6.45) is 0.461. The number of anilines is 1. The predicted octanol–water partition coefficient (Wildman–Crippen LogP) is 3.71. The number of thiophene rings is 1. The molecule has 0 radical (unpaired) electrons. The van der Waals surface area contributed by atoms with E-state index in [1.165, 1.54) is 27.8 Å². The number of carbonyl (C=O) groups is 2. The zero-order valence-electron chi connectivity index (χ0n) is 18.9. The fourth-order valence-corrected chi connectivity index (χ4v) is 5.12. The maximum Gasteiger partial charge on any atom is 0.261 e. The molecule has 0 aliphatic heterocycles. The fraction of sp³-hybridized carbons (Fsp3) is 0.455. The van der Waals surface area contributed by atoms with Crippen LogP contribution in [0.3, 0.4) is 0 Å². The van der Waals surface area contributed by atoms with Crippen LogP contribution < -0.4 is 15.4 Å². The van der Waals surface area contributed by atoms with Crippen molar-refractivity contribution >= 4 is 38.9 Å². The Kier molecular flexibility index (Phi) is 9.67. The van der Waals surface area contributed by atoms with Crippen molar-refractivity contribution < 1.29 is 22.7 Å². The van der Waals surface area contributed by atoms with Gasteiger partial charge in [-0.3, -0.25) is 9.59 Å². The van der Waals surface area contributed by atoms with Gasteiger partial charge in [0.15, 0.2) is 0 Å². The number of amides is 2. The number of nitrogens with one attached hydrogen (secondary N) is 2. The molecule has 1 heterocycles. The number of rotatable bonds is 12. The third-order valence-corrected chi connectivity index (χ3v) is 7.46. The van der Waals surface area contributed by atoms with Crippen molar-refractivity contribution in [1.29, 1.82) is 0 Å². The van der Waals surface area contributed by atoms with Gasteiger partial charge in [0, 0.05) is 26.1 Å². The van der Waals surface area contributed by atoms with Gasteiger partial charge in [0.25, 0.3) is 5.91 Å². The summed E-state index contributed by atoms with van der Waals surface area (Å²) in [6.45, 7) is 8.30. The van der Waals surface area contributed by atoms with Crippen LogP contribution in [0.5, 0.6) is 5.75 Å². The van der Waals surface area contributed by atoms with Gasteiger partial charge in [-0.1, -0.05) is 19.9 Å². The molecule has 0 aliphatic carbocycles. The standard InChI is InChI=1S/C22H31N3O5S2/c1-5-25(6-2)32(28,29)17-11-12-19(30-16(3)4)18(15-17)24-21(26)10-7-13-23-22(27)20-9-8-14-31-20/h8-9,11-12,14-16H,5-7,10,13H2,1-4H3,(H,23,27)(H,24,26). The van der Waals surface area contributed by atoms with Crippen LogP contribution in [0.4, 0.5) is 5.69 Å². The lowest BCUT2D eigenvalue weighted by atomic mass is 10.2. The second-order valence-corrected chi connectivity index (χ2v) is 10.2. The number of nitrogens with zero attached hydrogens (tertiary/aromatic N) is 1. The molecule has 0 unspecified atom stereocenters. The summed E-state index contributed by atoms with van der Waals surface area (Å²) < 4.78 is 32.8. The average molecular weight is 482 g/mol. The quantitative estimate of drug-likeness (QED) is 0.450. The van der Waals surface area contributed by atoms with E-state index in [1.807, 2.05) is 19.2 Å². The summed E-state index contributed by atoms with van der Waals surface area (Å²) >= 11 is 1.35. The molecule has 0 fully saturated rings. The van der Waals surface area contributed by atoms with Crippen LogP contribution in [0.1, 0.15) is 50.2 Å². The van der Waals surface area contributed by atoms with Gasteiger partial charge in [0.05, 0.1) is 21.6 Å². The van der Waals surface area contributed by atoms with Crippen LogP contribution >= 0.6 is 11.3 Å². The molecule has 10 heteroatoms. The van der Waals surface area contributed by atoms with Gasteiger partial charge in [-0.15, -0.1) is 11.3 Å². The van der Waals surface area contributed by atoms with Gasteiger partial charge in [-0.05, 0) is 49.9 Å². The molecule has 0 bridgehead atoms. The molecule has 1 aromatic carbocycles. The molecule has 0 spiro atoms. The van der Waals surface area contributed by atoms with E-state index in [9.17, 15) is 18.0 Å². The molecule has 0 saturated carbocycles. The highest BCUT2D eigenvalue weighted by atomic mass is 32.2. The minimum Gasteiger partial charge on any atom is -0.489 e. The lowest BCUT2D eigenvalue weighted by molar-refractivity contribution is -0.116. The number of ether oxygens (including phenoxy) is 1. The highest BCUT2D eigenvalue weighted by Crippen LogP contribution is 2.30. The van der Waals surface area contributed by atoms with Crippen LogP contribution in [-0.4, -0.2) is 50.3 Å². The summed E-state index contributed by atoms with van der Waals surface area (Å²) in [5.74, 6) is -0.0541. The number of benzene rings is 1. The van der Waals surface area contributed by atoms with Crippen LogP contribution in [0.25, 0.3) is 0 Å². The number of carbonyl (C=O) groups excluding carboxylic acids is 2. The molecule has 176 valence electrons. The van der Waals surface area contributed by atoms with Crippen molar-refractivity contribution in [3.05, 3.63) is 40.6 Å². The minimum atomic E-state index is -3.68. The third kappa shape index (κ3) is 7.04. The first-order valence-corrected chi connectivity index (χ1v) is 12.9. The van der Waals surface area contributed by atoms with Gasteiger partial charge in [-0.2, -0.15) is 4.31 Å². The molecular weight excluding hydrogens is 450 g/mol. The lowest BCUT2D eigenvalue weighted by Crippen LogP contribution is -2.30. The third-order valence-electron chi connectivity index (χ3n) is 4.54. The number of sulfonamides is 1. The van der Waals surface area contributed by atoms with Gasteiger partial charge in [0.2, 0.25) is 15.9 Å². The van der Waals surface area contributed by atoms with Crippen molar-refractivity contribution in [3.8, 4) is 5.75 Å². The van der Waals surface area contributed by atoms with Crippen molar-refractivity contribution in [2.45, 2.75) is 51.5 Å². The maximum atomic E-state index is 12.9. The van der Waals surface area contributed by atoms with Crippen LogP contribution in [0.15, 0.2) is 40.6 Å². The number of hydrogen-bond acceptors (Lipinski definition) is 6. The Hall–Kier alpha value is -2.43. The summed E-state index contributed by atoms with van der Waals surface area (Å²) in [7, 11) is -3.68. The van der Waals surface area contributed by atoms with E-state index in [-0.39, 0.29) is 29.2 Å². The van der Waals surface area contributed by atoms with Gasteiger partial charge < -0.3 is 15.4 Å². The molecule has 32 heavy (non-hydrogen) atoms. The predicted molar refractivity (Wildman–Crippen MR) is 127 cm³/mol. The Morgan fingerprint density at radius 1 is 1.16 bits per heavy atom. The van der Waals surface area contributed by atoms with Crippen molar-refractivity contribution in [2.75, 3.05) is 25.0 Å². The molecule has 8 nitrogen and oxygen atoms in total.